The molecule has 3 rings (SSSR count). The molecule has 1 heterocycles. The number of nitrogens with one attached hydrogen (secondary N) is 1. The second-order valence-electron chi connectivity index (χ2n) is 7.61. The van der Waals surface area contributed by atoms with Crippen molar-refractivity contribution in [1.82, 2.24) is 5.32 Å². The molecule has 3 nitrogen and oxygen atoms in total. The lowest BCUT2D eigenvalue weighted by molar-refractivity contribution is -0.150. The first-order valence-corrected chi connectivity index (χ1v) is 9.38. The zero-order chi connectivity index (χ0) is 23.9. The highest BCUT2D eigenvalue weighted by Crippen LogP contribution is 2.48. The second kappa shape index (κ2) is 8.34. The number of rotatable bonds is 4. The van der Waals surface area contributed by atoms with Gasteiger partial charge in [-0.3, -0.25) is 4.79 Å². The first-order chi connectivity index (χ1) is 14.7. The first-order valence-electron chi connectivity index (χ1n) is 9.38. The predicted molar refractivity (Wildman–Crippen MR) is 96.8 cm³/mol. The number of aliphatic carboxylic acids is 1. The number of piperidine rings is 1. The van der Waals surface area contributed by atoms with Crippen molar-refractivity contribution in [3.05, 3.63) is 70.8 Å². The van der Waals surface area contributed by atoms with Gasteiger partial charge < -0.3 is 10.4 Å². The third kappa shape index (κ3) is 5.20. The average Bonchev–Trinajstić information content (AvgIpc) is 2.68. The van der Waals surface area contributed by atoms with Crippen molar-refractivity contribution in [3.63, 3.8) is 0 Å². The molecule has 0 spiro atoms. The van der Waals surface area contributed by atoms with Crippen LogP contribution >= 0.6 is 0 Å². The molecule has 0 radical (unpaired) electrons. The molecule has 32 heavy (non-hydrogen) atoms. The van der Waals surface area contributed by atoms with Crippen molar-refractivity contribution in [2.24, 2.45) is 5.92 Å². The molecule has 3 unspecified atom stereocenters. The first kappa shape index (κ1) is 24.0. The van der Waals surface area contributed by atoms with Gasteiger partial charge in [-0.05, 0) is 35.4 Å². The number of carboxylic acid groups (broad SMARTS) is 1. The largest absolute Gasteiger partial charge is 0.481 e. The van der Waals surface area contributed by atoms with Crippen LogP contribution in [0.3, 0.4) is 0 Å². The van der Waals surface area contributed by atoms with Gasteiger partial charge in [-0.2, -0.15) is 26.3 Å². The van der Waals surface area contributed by atoms with Gasteiger partial charge in [-0.1, -0.05) is 24.3 Å². The van der Waals surface area contributed by atoms with Gasteiger partial charge in [0.1, 0.15) is 0 Å². The molecule has 1 aliphatic rings. The summed E-state index contributed by atoms with van der Waals surface area (Å²) in [6, 6.07) is 4.45. The molecule has 0 saturated carbocycles. The quantitative estimate of drug-likeness (QED) is 0.525. The highest BCUT2D eigenvalue weighted by Gasteiger charge is 2.51. The minimum Gasteiger partial charge on any atom is -0.481 e. The molecule has 1 aliphatic heterocycles. The van der Waals surface area contributed by atoms with Crippen LogP contribution in [0.5, 0.6) is 0 Å². The van der Waals surface area contributed by atoms with Crippen LogP contribution in [0.15, 0.2) is 48.5 Å². The molecule has 2 aromatic carbocycles. The van der Waals surface area contributed by atoms with E-state index in [1.807, 2.05) is 0 Å². The van der Waals surface area contributed by atoms with Gasteiger partial charge in [-0.25, -0.2) is 8.78 Å². The Morgan fingerprint density at radius 1 is 0.875 bits per heavy atom. The third-order valence-electron chi connectivity index (χ3n) is 5.43. The molecule has 3 atom stereocenters. The molecule has 2 aromatic rings. The Balaban J connectivity index is 1.97. The Hall–Kier alpha value is -2.69. The molecule has 0 amide bonds. The molecular formula is C21H17F8NO2. The summed E-state index contributed by atoms with van der Waals surface area (Å²) in [4.78, 5) is 11.2. The van der Waals surface area contributed by atoms with E-state index in [1.54, 1.807) is 0 Å². The summed E-state index contributed by atoms with van der Waals surface area (Å²) in [5, 5.41) is 11.9. The van der Waals surface area contributed by atoms with Crippen molar-refractivity contribution < 1.29 is 45.0 Å². The topological polar surface area (TPSA) is 49.3 Å². The van der Waals surface area contributed by atoms with Gasteiger partial charge in [0.25, 0.3) is 5.92 Å². The highest BCUT2D eigenvalue weighted by atomic mass is 19.4. The highest BCUT2D eigenvalue weighted by molar-refractivity contribution is 5.67. The van der Waals surface area contributed by atoms with E-state index in [1.165, 1.54) is 0 Å². The number of alkyl halides is 8. The van der Waals surface area contributed by atoms with Gasteiger partial charge in [-0.15, -0.1) is 0 Å². The smallest absolute Gasteiger partial charge is 0.416 e. The Kier molecular flexibility index (Phi) is 6.25. The second-order valence-corrected chi connectivity index (χ2v) is 7.61. The minimum atomic E-state index is -4.65. The lowest BCUT2D eigenvalue weighted by Gasteiger charge is -2.43. The van der Waals surface area contributed by atoms with Crippen LogP contribution in [0.2, 0.25) is 0 Å². The van der Waals surface area contributed by atoms with E-state index < -0.39 is 66.2 Å². The van der Waals surface area contributed by atoms with Crippen LogP contribution in [0.1, 0.15) is 47.2 Å². The normalized spacial score (nSPS) is 23.7. The fraction of sp³-hybridized carbons (Fsp3) is 0.381. The number of benzene rings is 2. The fourth-order valence-corrected chi connectivity index (χ4v) is 3.84. The van der Waals surface area contributed by atoms with Crippen LogP contribution in [0, 0.1) is 5.92 Å². The lowest BCUT2D eigenvalue weighted by Crippen LogP contribution is -2.49. The lowest BCUT2D eigenvalue weighted by atomic mass is 9.77. The van der Waals surface area contributed by atoms with Crippen molar-refractivity contribution in [3.8, 4) is 0 Å². The molecular weight excluding hydrogens is 450 g/mol. The molecule has 1 saturated heterocycles. The van der Waals surface area contributed by atoms with Crippen LogP contribution in [-0.2, 0) is 17.1 Å². The van der Waals surface area contributed by atoms with Crippen LogP contribution < -0.4 is 5.32 Å². The summed E-state index contributed by atoms with van der Waals surface area (Å²) in [6.45, 7) is 0. The summed E-state index contributed by atoms with van der Waals surface area (Å²) >= 11 is 0. The van der Waals surface area contributed by atoms with E-state index in [4.69, 9.17) is 5.11 Å². The standard InChI is InChI=1S/C21H17F8NO2/c22-19(23)10-16(11-1-5-13(6-2-11)20(24,25)26)30-18(15(19)9-17(31)32)12-3-7-14(8-4-12)21(27,28)29/h1-8,15-16,18,30H,9-10H2,(H,31,32). The maximum atomic E-state index is 15.0. The Labute approximate surface area is 177 Å². The van der Waals surface area contributed by atoms with Crippen LogP contribution in [0.4, 0.5) is 35.1 Å². The number of carboxylic acids is 1. The number of halogens is 8. The molecule has 174 valence electrons. The summed E-state index contributed by atoms with van der Waals surface area (Å²) in [5.74, 6) is -6.84. The Bertz CT molecular complexity index is 952. The van der Waals surface area contributed by atoms with E-state index in [0.29, 0.717) is 12.1 Å². The molecule has 2 N–H and O–H groups in total. The Morgan fingerprint density at radius 2 is 1.31 bits per heavy atom. The summed E-state index contributed by atoms with van der Waals surface area (Å²) < 4.78 is 107. The van der Waals surface area contributed by atoms with Crippen molar-refractivity contribution in [2.45, 2.75) is 43.2 Å². The average molecular weight is 467 g/mol. The van der Waals surface area contributed by atoms with Crippen LogP contribution in [0.25, 0.3) is 0 Å². The summed E-state index contributed by atoms with van der Waals surface area (Å²) in [5.41, 5.74) is -1.84. The molecule has 1 fully saturated rings. The van der Waals surface area contributed by atoms with Gasteiger partial charge in [0.15, 0.2) is 0 Å². The monoisotopic (exact) mass is 467 g/mol. The van der Waals surface area contributed by atoms with E-state index in [9.17, 15) is 39.9 Å². The van der Waals surface area contributed by atoms with Crippen LogP contribution in [-0.4, -0.2) is 17.0 Å². The van der Waals surface area contributed by atoms with E-state index in [0.717, 1.165) is 36.4 Å². The Morgan fingerprint density at radius 3 is 1.72 bits per heavy atom. The van der Waals surface area contributed by atoms with Gasteiger partial charge in [0.05, 0.1) is 23.5 Å². The molecule has 0 aromatic heterocycles. The summed E-state index contributed by atoms with van der Waals surface area (Å²) in [7, 11) is 0. The van der Waals surface area contributed by atoms with Gasteiger partial charge in [0.2, 0.25) is 0 Å². The van der Waals surface area contributed by atoms with E-state index >= 15 is 0 Å². The van der Waals surface area contributed by atoms with Gasteiger partial charge in [0, 0.05) is 18.5 Å². The third-order valence-corrected chi connectivity index (χ3v) is 5.43. The number of hydrogen-bond acceptors (Lipinski definition) is 2. The minimum absolute atomic E-state index is 0.0144. The van der Waals surface area contributed by atoms with Crippen molar-refractivity contribution in [1.29, 1.82) is 0 Å². The molecule has 0 aliphatic carbocycles. The number of carbonyl (C=O) groups is 1. The zero-order valence-electron chi connectivity index (χ0n) is 16.1. The summed E-state index contributed by atoms with van der Waals surface area (Å²) in [6.07, 6.45) is -11.1. The number of hydrogen-bond donors (Lipinski definition) is 2. The molecule has 0 bridgehead atoms. The van der Waals surface area contributed by atoms with Gasteiger partial charge >= 0.3 is 18.3 Å². The molecule has 11 heteroatoms. The van der Waals surface area contributed by atoms with E-state index in [2.05, 4.69) is 5.32 Å². The fourth-order valence-electron chi connectivity index (χ4n) is 3.84. The van der Waals surface area contributed by atoms with E-state index in [-0.39, 0.29) is 11.1 Å². The SMILES string of the molecule is O=C(O)CC1C(c2ccc(C(F)(F)F)cc2)NC(c2ccc(C(F)(F)F)cc2)CC1(F)F. The predicted octanol–water partition coefficient (Wildman–Crippen LogP) is 6.23. The van der Waals surface area contributed by atoms with Crippen molar-refractivity contribution >= 4 is 5.97 Å². The maximum Gasteiger partial charge on any atom is 0.416 e. The van der Waals surface area contributed by atoms with Crippen molar-refractivity contribution in [2.75, 3.05) is 0 Å². The maximum absolute atomic E-state index is 15.0. The zero-order valence-corrected chi connectivity index (χ0v) is 16.1.